The third-order valence-electron chi connectivity index (χ3n) is 4.44. The highest BCUT2D eigenvalue weighted by Crippen LogP contribution is 2.30. The van der Waals surface area contributed by atoms with E-state index in [-0.39, 0.29) is 0 Å². The first-order valence-electron chi connectivity index (χ1n) is 8.56. The molecule has 3 nitrogen and oxygen atoms in total. The minimum Gasteiger partial charge on any atom is -0.246 e. The molecule has 5 rings (SSSR count). The Morgan fingerprint density at radius 2 is 0.769 bits per heavy atom. The van der Waals surface area contributed by atoms with Gasteiger partial charge in [-0.1, -0.05) is 54.6 Å². The van der Waals surface area contributed by atoms with Crippen molar-refractivity contribution in [2.45, 2.75) is 0 Å². The summed E-state index contributed by atoms with van der Waals surface area (Å²) in [5.74, 6) is 0. The van der Waals surface area contributed by atoms with E-state index in [1.807, 2.05) is 66.7 Å². The topological polar surface area (TPSA) is 38.7 Å². The second-order valence-corrected chi connectivity index (χ2v) is 6.19. The van der Waals surface area contributed by atoms with Crippen LogP contribution in [0.2, 0.25) is 0 Å². The van der Waals surface area contributed by atoms with Crippen LogP contribution < -0.4 is 0 Å². The second kappa shape index (κ2) is 6.05. The molecule has 4 aliphatic rings. The predicted molar refractivity (Wildman–Crippen MR) is 104 cm³/mol. The summed E-state index contributed by atoms with van der Waals surface area (Å²) in [6.07, 6.45) is 0. The van der Waals surface area contributed by atoms with Crippen LogP contribution in [0.1, 0.15) is 0 Å². The number of aromatic nitrogens is 3. The van der Waals surface area contributed by atoms with Gasteiger partial charge in [-0.2, -0.15) is 0 Å². The summed E-state index contributed by atoms with van der Waals surface area (Å²) < 4.78 is 0. The van der Waals surface area contributed by atoms with Gasteiger partial charge in [0.15, 0.2) is 0 Å². The first-order valence-corrected chi connectivity index (χ1v) is 8.56. The maximum atomic E-state index is 4.81. The van der Waals surface area contributed by atoms with E-state index in [4.69, 9.17) is 15.0 Å². The summed E-state index contributed by atoms with van der Waals surface area (Å²) in [5, 5.41) is 0. The maximum absolute atomic E-state index is 4.81. The molecule has 1 aromatic heterocycles. The van der Waals surface area contributed by atoms with Crippen molar-refractivity contribution in [2.75, 3.05) is 0 Å². The Bertz CT molecular complexity index is 1000. The minimum absolute atomic E-state index is 0.860. The highest BCUT2D eigenvalue weighted by molar-refractivity contribution is 5.75. The van der Waals surface area contributed by atoms with Gasteiger partial charge in [-0.15, -0.1) is 0 Å². The number of pyridine rings is 1. The van der Waals surface area contributed by atoms with Crippen LogP contribution in [-0.2, 0) is 0 Å². The standard InChI is InChI=1S/C23H15N3/c1-3-8-16-14-22(24-18(16)10-5-1)20-12-7-13-21(26-20)23-15-17-9-4-2-6-11-19(17)25-23/h1-15H. The van der Waals surface area contributed by atoms with Gasteiger partial charge in [0.05, 0.1) is 34.2 Å². The summed E-state index contributed by atoms with van der Waals surface area (Å²) >= 11 is 0. The van der Waals surface area contributed by atoms with Gasteiger partial charge in [-0.05, 0) is 36.4 Å². The van der Waals surface area contributed by atoms with Crippen molar-refractivity contribution in [2.24, 2.45) is 0 Å². The van der Waals surface area contributed by atoms with Crippen LogP contribution in [0.25, 0.3) is 45.3 Å². The van der Waals surface area contributed by atoms with Gasteiger partial charge in [0, 0.05) is 11.1 Å². The summed E-state index contributed by atoms with van der Waals surface area (Å²) in [4.78, 5) is 14.3. The van der Waals surface area contributed by atoms with E-state index in [2.05, 4.69) is 24.3 Å². The van der Waals surface area contributed by atoms with E-state index >= 15 is 0 Å². The summed E-state index contributed by atoms with van der Waals surface area (Å²) in [5.41, 5.74) is 7.66. The van der Waals surface area contributed by atoms with E-state index < -0.39 is 0 Å². The first kappa shape index (κ1) is 14.7. The van der Waals surface area contributed by atoms with Crippen LogP contribution in [0.3, 0.4) is 0 Å². The molecule has 0 saturated carbocycles. The molecule has 0 radical (unpaired) electrons. The fourth-order valence-corrected chi connectivity index (χ4v) is 3.15. The van der Waals surface area contributed by atoms with E-state index in [1.54, 1.807) is 0 Å². The molecular formula is C23H15N3. The molecule has 3 heterocycles. The van der Waals surface area contributed by atoms with Gasteiger partial charge in [0.2, 0.25) is 0 Å². The van der Waals surface area contributed by atoms with Crippen molar-refractivity contribution in [1.82, 2.24) is 15.0 Å². The van der Waals surface area contributed by atoms with Crippen LogP contribution in [-0.4, -0.2) is 15.0 Å². The summed E-state index contributed by atoms with van der Waals surface area (Å²) in [7, 11) is 0. The molecule has 0 bridgehead atoms. The number of rotatable bonds is 2. The molecule has 0 saturated heterocycles. The fourth-order valence-electron chi connectivity index (χ4n) is 3.15. The van der Waals surface area contributed by atoms with Crippen LogP contribution >= 0.6 is 0 Å². The van der Waals surface area contributed by atoms with E-state index in [1.165, 1.54) is 0 Å². The van der Waals surface area contributed by atoms with Gasteiger partial charge < -0.3 is 0 Å². The van der Waals surface area contributed by atoms with E-state index in [9.17, 15) is 0 Å². The zero-order valence-electron chi connectivity index (χ0n) is 14.0. The van der Waals surface area contributed by atoms with Crippen molar-refractivity contribution < 1.29 is 0 Å². The minimum atomic E-state index is 0.860. The molecule has 0 aromatic carbocycles. The molecule has 0 atom stereocenters. The Kier molecular flexibility index (Phi) is 3.42. The SMILES string of the molecule is c1ccc2cc(-c3cccc(-c4cc5cccccc-5n4)n3)nc-2cc1. The Morgan fingerprint density at radius 3 is 1.31 bits per heavy atom. The monoisotopic (exact) mass is 333 g/mol. The molecule has 0 spiro atoms. The van der Waals surface area contributed by atoms with Crippen molar-refractivity contribution in [1.29, 1.82) is 0 Å². The van der Waals surface area contributed by atoms with Crippen LogP contribution in [0.4, 0.5) is 0 Å². The third kappa shape index (κ3) is 2.60. The highest BCUT2D eigenvalue weighted by Gasteiger charge is 2.13. The van der Waals surface area contributed by atoms with Gasteiger partial charge >= 0.3 is 0 Å². The fraction of sp³-hybridized carbons (Fsp3) is 0. The van der Waals surface area contributed by atoms with Gasteiger partial charge in [0.25, 0.3) is 0 Å². The normalized spacial score (nSPS) is 11.1. The van der Waals surface area contributed by atoms with Crippen molar-refractivity contribution in [3.05, 3.63) is 91.0 Å². The quantitative estimate of drug-likeness (QED) is 0.433. The molecule has 0 N–H and O–H groups in total. The maximum Gasteiger partial charge on any atom is 0.0900 e. The lowest BCUT2D eigenvalue weighted by Gasteiger charge is -2.00. The molecule has 1 aromatic rings. The number of fused-ring (bicyclic) bond motifs is 2. The second-order valence-electron chi connectivity index (χ2n) is 6.19. The van der Waals surface area contributed by atoms with Gasteiger partial charge in [-0.3, -0.25) is 0 Å². The third-order valence-corrected chi connectivity index (χ3v) is 4.44. The number of nitrogens with zero attached hydrogens (tertiary/aromatic N) is 3. The zero-order chi connectivity index (χ0) is 17.3. The molecule has 2 aliphatic heterocycles. The average Bonchev–Trinajstić information content (AvgIpc) is 3.11. The van der Waals surface area contributed by atoms with Crippen molar-refractivity contribution in [3.63, 3.8) is 0 Å². The Morgan fingerprint density at radius 1 is 0.346 bits per heavy atom. The smallest absolute Gasteiger partial charge is 0.0900 e. The van der Waals surface area contributed by atoms with Crippen LogP contribution in [0, 0.1) is 0 Å². The van der Waals surface area contributed by atoms with Gasteiger partial charge in [-0.25, -0.2) is 15.0 Å². The summed E-state index contributed by atoms with van der Waals surface area (Å²) in [6, 6.07) is 30.4. The molecular weight excluding hydrogens is 318 g/mol. The molecule has 2 aliphatic carbocycles. The molecule has 122 valence electrons. The first-order chi connectivity index (χ1) is 12.9. The predicted octanol–water partition coefficient (Wildman–Crippen LogP) is 5.42. The lowest BCUT2D eigenvalue weighted by Crippen LogP contribution is -1.87. The van der Waals surface area contributed by atoms with E-state index in [0.29, 0.717) is 0 Å². The lowest BCUT2D eigenvalue weighted by atomic mass is 10.2. The zero-order valence-corrected chi connectivity index (χ0v) is 14.0. The van der Waals surface area contributed by atoms with Crippen LogP contribution in [0.15, 0.2) is 91.0 Å². The molecule has 26 heavy (non-hydrogen) atoms. The summed E-state index contributed by atoms with van der Waals surface area (Å²) in [6.45, 7) is 0. The van der Waals surface area contributed by atoms with Crippen molar-refractivity contribution >= 4 is 0 Å². The van der Waals surface area contributed by atoms with Crippen molar-refractivity contribution in [3.8, 4) is 45.3 Å². The van der Waals surface area contributed by atoms with Crippen LogP contribution in [0.5, 0.6) is 0 Å². The Balaban J connectivity index is 1.60. The highest BCUT2D eigenvalue weighted by atomic mass is 14.8. The van der Waals surface area contributed by atoms with E-state index in [0.717, 1.165) is 45.3 Å². The average molecular weight is 333 g/mol. The molecule has 0 fully saturated rings. The molecule has 0 amide bonds. The lowest BCUT2D eigenvalue weighted by molar-refractivity contribution is 1.26. The molecule has 3 heteroatoms. The molecule has 0 unspecified atom stereocenters. The Hall–Kier alpha value is -3.59. The number of hydrogen-bond acceptors (Lipinski definition) is 3. The largest absolute Gasteiger partial charge is 0.246 e. The van der Waals surface area contributed by atoms with Gasteiger partial charge in [0.1, 0.15) is 0 Å². The Labute approximate surface area is 151 Å². The number of hydrogen-bond donors (Lipinski definition) is 0.